The fraction of sp³-hybridized carbons (Fsp3) is 0.640. The quantitative estimate of drug-likeness (QED) is 0.808. The summed E-state index contributed by atoms with van der Waals surface area (Å²) in [4.78, 5) is 6.97. The molecule has 1 N–H and O–H groups in total. The highest BCUT2D eigenvalue weighted by atomic mass is 16.5. The molecule has 4 heteroatoms. The minimum absolute atomic E-state index is 0.101. The maximum Gasteiger partial charge on any atom is 0.0965 e. The number of allylic oxidation sites excluding steroid dienone is 1. The molecule has 3 heterocycles. The lowest BCUT2D eigenvalue weighted by molar-refractivity contribution is -0.105. The maximum absolute atomic E-state index is 10.5. The van der Waals surface area contributed by atoms with Crippen molar-refractivity contribution >= 4 is 0 Å². The minimum Gasteiger partial charge on any atom is -0.387 e. The van der Waals surface area contributed by atoms with Crippen molar-refractivity contribution in [3.63, 3.8) is 0 Å². The van der Waals surface area contributed by atoms with E-state index in [0.29, 0.717) is 5.92 Å². The number of nitrogens with zero attached hydrogens (tertiary/aromatic N) is 2. The van der Waals surface area contributed by atoms with Crippen LogP contribution in [0.25, 0.3) is 0 Å². The molecule has 1 spiro atoms. The summed E-state index contributed by atoms with van der Waals surface area (Å²) in [6, 6.07) is 4.11. The average Bonchev–Trinajstić information content (AvgIpc) is 2.87. The molecule has 0 aromatic carbocycles. The van der Waals surface area contributed by atoms with Gasteiger partial charge in [-0.15, -0.1) is 0 Å². The third-order valence-electron chi connectivity index (χ3n) is 7.19. The first-order chi connectivity index (χ1) is 13.8. The minimum atomic E-state index is -0.418. The first kappa shape index (κ1) is 20.8. The molecule has 0 amide bonds. The molecule has 2 atom stereocenters. The monoisotopic (exact) mass is 396 g/mol. The van der Waals surface area contributed by atoms with E-state index in [4.69, 9.17) is 4.74 Å². The van der Waals surface area contributed by atoms with Crippen LogP contribution in [0.5, 0.6) is 0 Å². The van der Waals surface area contributed by atoms with Crippen molar-refractivity contribution in [3.8, 4) is 0 Å². The summed E-state index contributed by atoms with van der Waals surface area (Å²) in [5.41, 5.74) is 4.60. The van der Waals surface area contributed by atoms with Gasteiger partial charge in [-0.2, -0.15) is 0 Å². The lowest BCUT2D eigenvalue weighted by Crippen LogP contribution is -2.48. The van der Waals surface area contributed by atoms with Crippen LogP contribution in [-0.2, 0) is 11.2 Å². The molecule has 4 nitrogen and oxygen atoms in total. The molecule has 2 aliphatic heterocycles. The first-order valence-corrected chi connectivity index (χ1v) is 11.3. The van der Waals surface area contributed by atoms with Gasteiger partial charge in [-0.05, 0) is 81.6 Å². The second kappa shape index (κ2) is 7.98. The number of rotatable bonds is 4. The molecular formula is C25H36N2O2. The summed E-state index contributed by atoms with van der Waals surface area (Å²) in [5, 5.41) is 10.5. The van der Waals surface area contributed by atoms with Crippen LogP contribution in [0.3, 0.4) is 0 Å². The Morgan fingerprint density at radius 2 is 2.07 bits per heavy atom. The molecule has 0 radical (unpaired) electrons. The maximum atomic E-state index is 10.5. The van der Waals surface area contributed by atoms with Crippen LogP contribution >= 0.6 is 0 Å². The lowest BCUT2D eigenvalue weighted by Gasteiger charge is -2.43. The van der Waals surface area contributed by atoms with Gasteiger partial charge in [-0.3, -0.25) is 4.98 Å². The van der Waals surface area contributed by atoms with Gasteiger partial charge >= 0.3 is 0 Å². The lowest BCUT2D eigenvalue weighted by atomic mass is 9.81. The molecule has 4 rings (SSSR count). The van der Waals surface area contributed by atoms with Crippen molar-refractivity contribution in [1.29, 1.82) is 0 Å². The van der Waals surface area contributed by atoms with E-state index in [-0.39, 0.29) is 11.2 Å². The van der Waals surface area contributed by atoms with Crippen molar-refractivity contribution in [1.82, 2.24) is 9.88 Å². The van der Waals surface area contributed by atoms with Crippen LogP contribution in [0, 0.1) is 5.92 Å². The van der Waals surface area contributed by atoms with E-state index in [1.165, 1.54) is 16.7 Å². The Bertz CT molecular complexity index is 803. The fourth-order valence-electron chi connectivity index (χ4n) is 5.70. The predicted octanol–water partition coefficient (Wildman–Crippen LogP) is 4.60. The normalized spacial score (nSPS) is 29.0. The number of pyridine rings is 1. The molecule has 158 valence electrons. The number of aromatic nitrogens is 1. The third kappa shape index (κ3) is 3.95. The molecule has 0 saturated carbocycles. The van der Waals surface area contributed by atoms with Crippen LogP contribution in [0.4, 0.5) is 0 Å². The Kier molecular flexibility index (Phi) is 5.71. The molecular weight excluding hydrogens is 360 g/mol. The summed E-state index contributed by atoms with van der Waals surface area (Å²) in [6.07, 6.45) is 10.9. The van der Waals surface area contributed by atoms with Gasteiger partial charge in [0.1, 0.15) is 0 Å². The van der Waals surface area contributed by atoms with Gasteiger partial charge in [0.25, 0.3) is 0 Å². The third-order valence-corrected chi connectivity index (χ3v) is 7.19. The summed E-state index contributed by atoms with van der Waals surface area (Å²) >= 11 is 0. The van der Waals surface area contributed by atoms with E-state index >= 15 is 0 Å². The number of hydrogen-bond acceptors (Lipinski definition) is 4. The average molecular weight is 397 g/mol. The van der Waals surface area contributed by atoms with Crippen LogP contribution in [0.15, 0.2) is 41.6 Å². The summed E-state index contributed by atoms with van der Waals surface area (Å²) in [5.74, 6) is 0.497. The summed E-state index contributed by atoms with van der Waals surface area (Å²) in [6.45, 7) is 12.1. The van der Waals surface area contributed by atoms with E-state index in [0.717, 1.165) is 57.4 Å². The SMILES string of the molecule is CC/C=C\C1=C(C)C2(CCN(C[C@@H]3Cc4cccnc4C(O)C3)CC2)OC1(C)C. The number of aliphatic hydroxyl groups is 1. The van der Waals surface area contributed by atoms with Gasteiger partial charge in [0.2, 0.25) is 0 Å². The van der Waals surface area contributed by atoms with E-state index < -0.39 is 6.10 Å². The molecule has 1 aromatic heterocycles. The second-order valence-corrected chi connectivity index (χ2v) is 9.63. The van der Waals surface area contributed by atoms with Crippen LogP contribution in [-0.4, -0.2) is 45.8 Å². The van der Waals surface area contributed by atoms with Crippen molar-refractivity contribution in [2.45, 2.75) is 77.1 Å². The Balaban J connectivity index is 1.40. The largest absolute Gasteiger partial charge is 0.387 e. The number of fused-ring (bicyclic) bond motifs is 1. The van der Waals surface area contributed by atoms with Crippen molar-refractivity contribution in [2.24, 2.45) is 5.92 Å². The van der Waals surface area contributed by atoms with Gasteiger partial charge in [0, 0.05) is 25.8 Å². The zero-order valence-electron chi connectivity index (χ0n) is 18.4. The highest BCUT2D eigenvalue weighted by Gasteiger charge is 2.49. The zero-order chi connectivity index (χ0) is 20.6. The Morgan fingerprint density at radius 3 is 2.79 bits per heavy atom. The van der Waals surface area contributed by atoms with Gasteiger partial charge in [-0.25, -0.2) is 0 Å². The highest BCUT2D eigenvalue weighted by Crippen LogP contribution is 2.48. The number of likely N-dealkylation sites (tertiary alicyclic amines) is 1. The van der Waals surface area contributed by atoms with Crippen molar-refractivity contribution in [2.75, 3.05) is 19.6 Å². The first-order valence-electron chi connectivity index (χ1n) is 11.3. The Hall–Kier alpha value is -1.49. The standard InChI is InChI=1S/C25H36N2O2/c1-5-6-9-21-18(2)25(29-24(21,3)4)10-13-27(14-11-25)17-19-15-20-8-7-12-26-23(20)22(28)16-19/h6-9,12,19,22,28H,5,10-11,13-17H2,1-4H3/b9-6-/t19-,22?/m1/s1. The molecule has 3 aliphatic rings. The molecule has 1 unspecified atom stereocenters. The molecule has 1 fully saturated rings. The molecule has 1 aliphatic carbocycles. The molecule has 1 aromatic rings. The van der Waals surface area contributed by atoms with Crippen molar-refractivity contribution in [3.05, 3.63) is 52.9 Å². The van der Waals surface area contributed by atoms with Crippen LogP contribution < -0.4 is 0 Å². The summed E-state index contributed by atoms with van der Waals surface area (Å²) in [7, 11) is 0. The predicted molar refractivity (Wildman–Crippen MR) is 117 cm³/mol. The van der Waals surface area contributed by atoms with Gasteiger partial charge in [0.15, 0.2) is 0 Å². The van der Waals surface area contributed by atoms with Gasteiger partial charge < -0.3 is 14.7 Å². The number of hydrogen-bond donors (Lipinski definition) is 1. The summed E-state index contributed by atoms with van der Waals surface area (Å²) < 4.78 is 6.70. The fourth-order valence-corrected chi connectivity index (χ4v) is 5.70. The zero-order valence-corrected chi connectivity index (χ0v) is 18.4. The number of ether oxygens (including phenoxy) is 1. The second-order valence-electron chi connectivity index (χ2n) is 9.63. The van der Waals surface area contributed by atoms with Crippen LogP contribution in [0.1, 0.15) is 70.7 Å². The van der Waals surface area contributed by atoms with E-state index in [9.17, 15) is 5.11 Å². The van der Waals surface area contributed by atoms with E-state index in [1.54, 1.807) is 6.20 Å². The topological polar surface area (TPSA) is 45.6 Å². The molecule has 0 bridgehead atoms. The van der Waals surface area contributed by atoms with Gasteiger partial charge in [-0.1, -0.05) is 25.1 Å². The van der Waals surface area contributed by atoms with E-state index in [2.05, 4.69) is 55.8 Å². The Morgan fingerprint density at radius 1 is 1.31 bits per heavy atom. The number of aliphatic hydroxyl groups excluding tert-OH is 1. The smallest absolute Gasteiger partial charge is 0.0965 e. The van der Waals surface area contributed by atoms with Crippen LogP contribution in [0.2, 0.25) is 0 Å². The van der Waals surface area contributed by atoms with Gasteiger partial charge in [0.05, 0.1) is 23.0 Å². The Labute approximate surface area is 175 Å². The number of piperidine rings is 1. The highest BCUT2D eigenvalue weighted by molar-refractivity contribution is 5.42. The molecule has 1 saturated heterocycles. The molecule has 29 heavy (non-hydrogen) atoms. The van der Waals surface area contributed by atoms with E-state index in [1.807, 2.05) is 6.07 Å². The van der Waals surface area contributed by atoms with Crippen molar-refractivity contribution < 1.29 is 9.84 Å².